The van der Waals surface area contributed by atoms with Gasteiger partial charge < -0.3 is 0 Å². The molecule has 0 aliphatic heterocycles. The van der Waals surface area contributed by atoms with Crippen LogP contribution in [0.4, 0.5) is 0 Å². The van der Waals surface area contributed by atoms with Gasteiger partial charge in [-0.2, -0.15) is 0 Å². The Hall–Kier alpha value is -0.850. The van der Waals surface area contributed by atoms with Crippen LogP contribution in [0.5, 0.6) is 0 Å². The molecule has 1 nitrogen and oxygen atoms in total. The number of aromatic nitrogens is 1. The van der Waals surface area contributed by atoms with Gasteiger partial charge in [-0.25, -0.2) is 0 Å². The van der Waals surface area contributed by atoms with Crippen molar-refractivity contribution < 1.29 is 0 Å². The van der Waals surface area contributed by atoms with E-state index in [2.05, 4.69) is 24.0 Å². The van der Waals surface area contributed by atoms with E-state index in [1.807, 2.05) is 6.20 Å². The van der Waals surface area contributed by atoms with E-state index in [0.29, 0.717) is 0 Å². The van der Waals surface area contributed by atoms with Gasteiger partial charge in [-0.1, -0.05) is 31.7 Å². The second-order valence-corrected chi connectivity index (χ2v) is 4.18. The zero-order valence-electron chi connectivity index (χ0n) is 8.29. The molecule has 1 aromatic rings. The maximum absolute atomic E-state index is 4.44. The summed E-state index contributed by atoms with van der Waals surface area (Å²) >= 11 is 0. The van der Waals surface area contributed by atoms with Gasteiger partial charge in [-0.05, 0) is 30.9 Å². The normalized spacial score (nSPS) is 17.9. The molecule has 0 atom stereocenters. The van der Waals surface area contributed by atoms with Crippen LogP contribution in [0.25, 0.3) is 0 Å². The molecule has 0 N–H and O–H groups in total. The Morgan fingerprint density at radius 3 is 2.69 bits per heavy atom. The molecule has 0 radical (unpaired) electrons. The molecule has 0 amide bonds. The van der Waals surface area contributed by atoms with Crippen LogP contribution in [-0.2, 0) is 6.42 Å². The summed E-state index contributed by atoms with van der Waals surface area (Å²) in [5, 5.41) is 0. The van der Waals surface area contributed by atoms with Gasteiger partial charge in [0.2, 0.25) is 0 Å². The Morgan fingerprint density at radius 1 is 1.31 bits per heavy atom. The third kappa shape index (κ3) is 2.30. The summed E-state index contributed by atoms with van der Waals surface area (Å²) < 4.78 is 0. The van der Waals surface area contributed by atoms with Gasteiger partial charge in [0, 0.05) is 11.9 Å². The molecule has 1 heterocycles. The van der Waals surface area contributed by atoms with Crippen molar-refractivity contribution in [3.63, 3.8) is 0 Å². The molecule has 0 spiro atoms. The zero-order chi connectivity index (χ0) is 9.10. The van der Waals surface area contributed by atoms with Gasteiger partial charge in [-0.3, -0.25) is 4.98 Å². The molecule has 0 aromatic carbocycles. The minimum absolute atomic E-state index is 0.912. The Balaban J connectivity index is 1.97. The molecular weight excluding hydrogens is 158 g/mol. The molecule has 1 heteroatoms. The summed E-state index contributed by atoms with van der Waals surface area (Å²) in [6.45, 7) is 2.09. The van der Waals surface area contributed by atoms with Gasteiger partial charge in [0.1, 0.15) is 0 Å². The molecule has 70 valence electrons. The molecule has 0 bridgehead atoms. The quantitative estimate of drug-likeness (QED) is 0.673. The van der Waals surface area contributed by atoms with Gasteiger partial charge in [-0.15, -0.1) is 0 Å². The van der Waals surface area contributed by atoms with Crippen LogP contribution in [-0.4, -0.2) is 4.98 Å². The Labute approximate surface area is 80.2 Å². The van der Waals surface area contributed by atoms with Gasteiger partial charge in [0.25, 0.3) is 0 Å². The van der Waals surface area contributed by atoms with Crippen molar-refractivity contribution in [3.8, 4) is 0 Å². The second-order valence-electron chi connectivity index (χ2n) is 4.18. The Bertz CT molecular complexity index is 257. The average Bonchev–Trinajstić information content (AvgIpc) is 2.62. The van der Waals surface area contributed by atoms with Crippen molar-refractivity contribution in [2.75, 3.05) is 0 Å². The summed E-state index contributed by atoms with van der Waals surface area (Å²) in [6, 6.07) is 4.34. The predicted octanol–water partition coefficient (Wildman–Crippen LogP) is 3.12. The monoisotopic (exact) mass is 175 g/mol. The largest absolute Gasteiger partial charge is 0.261 e. The van der Waals surface area contributed by atoms with Crippen molar-refractivity contribution in [3.05, 3.63) is 29.6 Å². The van der Waals surface area contributed by atoms with E-state index in [1.165, 1.54) is 43.4 Å². The van der Waals surface area contributed by atoms with Crippen LogP contribution in [0, 0.1) is 12.8 Å². The highest BCUT2D eigenvalue weighted by molar-refractivity contribution is 5.12. The molecule has 1 aliphatic carbocycles. The first kappa shape index (κ1) is 8.74. The van der Waals surface area contributed by atoms with Crippen LogP contribution in [0.15, 0.2) is 18.3 Å². The first-order valence-corrected chi connectivity index (χ1v) is 5.26. The molecule has 2 rings (SSSR count). The number of nitrogens with zero attached hydrogens (tertiary/aromatic N) is 1. The lowest BCUT2D eigenvalue weighted by Crippen LogP contribution is -2.00. The van der Waals surface area contributed by atoms with Gasteiger partial charge in [0.05, 0.1) is 0 Å². The van der Waals surface area contributed by atoms with Crippen LogP contribution in [0.1, 0.15) is 36.9 Å². The zero-order valence-corrected chi connectivity index (χ0v) is 8.29. The van der Waals surface area contributed by atoms with E-state index < -0.39 is 0 Å². The highest BCUT2D eigenvalue weighted by Gasteiger charge is 2.15. The van der Waals surface area contributed by atoms with E-state index >= 15 is 0 Å². The smallest absolute Gasteiger partial charge is 0.0406 e. The first-order valence-electron chi connectivity index (χ1n) is 5.26. The molecule has 1 aromatic heterocycles. The van der Waals surface area contributed by atoms with E-state index in [9.17, 15) is 0 Å². The predicted molar refractivity (Wildman–Crippen MR) is 54.6 cm³/mol. The lowest BCUT2D eigenvalue weighted by molar-refractivity contribution is 0.539. The second kappa shape index (κ2) is 3.91. The van der Waals surface area contributed by atoms with E-state index in [1.54, 1.807) is 0 Å². The molecule has 0 unspecified atom stereocenters. The maximum Gasteiger partial charge on any atom is 0.0406 e. The number of pyridine rings is 1. The summed E-state index contributed by atoms with van der Waals surface area (Å²) in [5.41, 5.74) is 2.53. The number of hydrogen-bond donors (Lipinski definition) is 0. The van der Waals surface area contributed by atoms with Crippen molar-refractivity contribution in [2.45, 2.75) is 39.0 Å². The van der Waals surface area contributed by atoms with Crippen LogP contribution in [0.3, 0.4) is 0 Å². The van der Waals surface area contributed by atoms with E-state index in [-0.39, 0.29) is 0 Å². The summed E-state index contributed by atoms with van der Waals surface area (Å²) in [5.74, 6) is 0.912. The van der Waals surface area contributed by atoms with Gasteiger partial charge in [0.15, 0.2) is 0 Å². The van der Waals surface area contributed by atoms with Crippen molar-refractivity contribution in [2.24, 2.45) is 5.92 Å². The fourth-order valence-electron chi connectivity index (χ4n) is 2.13. The number of hydrogen-bond acceptors (Lipinski definition) is 1. The summed E-state index contributed by atoms with van der Waals surface area (Å²) in [4.78, 5) is 4.44. The lowest BCUT2D eigenvalue weighted by Gasteiger charge is -2.07. The standard InChI is InChI=1S/C12H17N/c1-10-6-7-12(13-9-10)8-11-4-2-3-5-11/h6-7,9,11H,2-5,8H2,1H3. The molecular formula is C12H17N. The van der Waals surface area contributed by atoms with Crippen LogP contribution < -0.4 is 0 Å². The Morgan fingerprint density at radius 2 is 2.08 bits per heavy atom. The average molecular weight is 175 g/mol. The summed E-state index contributed by atoms with van der Waals surface area (Å²) in [6.07, 6.45) is 8.85. The summed E-state index contributed by atoms with van der Waals surface area (Å²) in [7, 11) is 0. The third-order valence-electron chi connectivity index (χ3n) is 2.95. The molecule has 1 fully saturated rings. The SMILES string of the molecule is Cc1ccc(CC2CCCC2)nc1. The van der Waals surface area contributed by atoms with Crippen LogP contribution in [0.2, 0.25) is 0 Å². The fourth-order valence-corrected chi connectivity index (χ4v) is 2.13. The highest BCUT2D eigenvalue weighted by Crippen LogP contribution is 2.27. The first-order chi connectivity index (χ1) is 6.34. The maximum atomic E-state index is 4.44. The van der Waals surface area contributed by atoms with E-state index in [4.69, 9.17) is 0 Å². The fraction of sp³-hybridized carbons (Fsp3) is 0.583. The molecule has 13 heavy (non-hydrogen) atoms. The third-order valence-corrected chi connectivity index (χ3v) is 2.95. The number of rotatable bonds is 2. The van der Waals surface area contributed by atoms with Crippen molar-refractivity contribution >= 4 is 0 Å². The van der Waals surface area contributed by atoms with Crippen LogP contribution >= 0.6 is 0 Å². The topological polar surface area (TPSA) is 12.9 Å². The lowest BCUT2D eigenvalue weighted by atomic mass is 10.0. The molecule has 1 saturated carbocycles. The minimum atomic E-state index is 0.912. The number of aryl methyl sites for hydroxylation is 1. The van der Waals surface area contributed by atoms with Crippen molar-refractivity contribution in [1.82, 2.24) is 4.98 Å². The highest BCUT2D eigenvalue weighted by atomic mass is 14.7. The minimum Gasteiger partial charge on any atom is -0.261 e. The Kier molecular flexibility index (Phi) is 2.62. The van der Waals surface area contributed by atoms with Gasteiger partial charge >= 0.3 is 0 Å². The van der Waals surface area contributed by atoms with Crippen molar-refractivity contribution in [1.29, 1.82) is 0 Å². The molecule has 1 aliphatic rings. The van der Waals surface area contributed by atoms with E-state index in [0.717, 1.165) is 5.92 Å². The molecule has 0 saturated heterocycles.